The van der Waals surface area contributed by atoms with Crippen LogP contribution in [0.1, 0.15) is 17.7 Å². The summed E-state index contributed by atoms with van der Waals surface area (Å²) < 4.78 is 28.7. The van der Waals surface area contributed by atoms with Crippen LogP contribution in [0.5, 0.6) is 23.0 Å². The number of morpholine rings is 1. The third-order valence-corrected chi connectivity index (χ3v) is 6.36. The molecule has 0 spiro atoms. The van der Waals surface area contributed by atoms with Gasteiger partial charge in [-0.3, -0.25) is 14.6 Å². The predicted molar refractivity (Wildman–Crippen MR) is 128 cm³/mol. The van der Waals surface area contributed by atoms with Crippen LogP contribution in [-0.4, -0.2) is 63.0 Å². The van der Waals surface area contributed by atoms with E-state index in [9.17, 15) is 4.79 Å². The second-order valence-electron chi connectivity index (χ2n) is 8.65. The first-order chi connectivity index (χ1) is 16.6. The van der Waals surface area contributed by atoms with Gasteiger partial charge < -0.3 is 23.4 Å². The number of hydrogen-bond acceptors (Lipinski definition) is 8. The highest BCUT2D eigenvalue weighted by molar-refractivity contribution is 5.83. The zero-order chi connectivity index (χ0) is 23.5. The van der Waals surface area contributed by atoms with Gasteiger partial charge in [0.05, 0.1) is 31.3 Å². The summed E-state index contributed by atoms with van der Waals surface area (Å²) in [7, 11) is 1.60. The van der Waals surface area contributed by atoms with Gasteiger partial charge in [0, 0.05) is 26.2 Å². The molecule has 0 atom stereocenters. The van der Waals surface area contributed by atoms with Gasteiger partial charge in [0.25, 0.3) is 0 Å². The molecule has 0 radical (unpaired) electrons. The Morgan fingerprint density at radius 2 is 1.71 bits per heavy atom. The van der Waals surface area contributed by atoms with Crippen LogP contribution in [-0.2, 0) is 11.3 Å². The van der Waals surface area contributed by atoms with Crippen molar-refractivity contribution >= 4 is 11.0 Å². The Hall–Kier alpha value is -3.07. The van der Waals surface area contributed by atoms with Crippen molar-refractivity contribution in [1.82, 2.24) is 9.80 Å². The maximum absolute atomic E-state index is 13.3. The Balaban J connectivity index is 1.34. The first kappa shape index (κ1) is 22.7. The highest BCUT2D eigenvalue weighted by atomic mass is 16.5. The van der Waals surface area contributed by atoms with Gasteiger partial charge >= 0.3 is 0 Å². The van der Waals surface area contributed by atoms with E-state index in [0.717, 1.165) is 62.9 Å². The Labute approximate surface area is 198 Å². The quantitative estimate of drug-likeness (QED) is 0.521. The Bertz CT molecular complexity index is 1200. The second-order valence-corrected chi connectivity index (χ2v) is 8.65. The molecule has 1 fully saturated rings. The number of rotatable bonds is 7. The third kappa shape index (κ3) is 4.75. The lowest BCUT2D eigenvalue weighted by Gasteiger charge is -2.31. The van der Waals surface area contributed by atoms with Gasteiger partial charge in [-0.1, -0.05) is 0 Å². The summed E-state index contributed by atoms with van der Waals surface area (Å²) >= 11 is 0. The number of fused-ring (bicyclic) bond motifs is 3. The van der Waals surface area contributed by atoms with Crippen molar-refractivity contribution in [3.05, 3.63) is 57.9 Å². The van der Waals surface area contributed by atoms with Gasteiger partial charge in [0.15, 0.2) is 0 Å². The zero-order valence-corrected chi connectivity index (χ0v) is 19.7. The van der Waals surface area contributed by atoms with Crippen molar-refractivity contribution in [3.8, 4) is 23.0 Å². The van der Waals surface area contributed by atoms with E-state index in [4.69, 9.17) is 23.4 Å². The van der Waals surface area contributed by atoms with E-state index in [-0.39, 0.29) is 11.2 Å². The highest BCUT2D eigenvalue weighted by Crippen LogP contribution is 2.34. The summed E-state index contributed by atoms with van der Waals surface area (Å²) in [5.41, 5.74) is 1.29. The molecule has 180 valence electrons. The minimum atomic E-state index is -0.193. The Morgan fingerprint density at radius 3 is 2.47 bits per heavy atom. The fraction of sp³-hybridized carbons (Fsp3) is 0.423. The molecule has 0 unspecified atom stereocenters. The molecule has 2 aromatic carbocycles. The molecule has 0 amide bonds. The smallest absolute Gasteiger partial charge is 0.235 e. The van der Waals surface area contributed by atoms with Crippen molar-refractivity contribution in [2.24, 2.45) is 0 Å². The summed E-state index contributed by atoms with van der Waals surface area (Å²) in [6.45, 7) is 8.54. The van der Waals surface area contributed by atoms with E-state index < -0.39 is 0 Å². The normalized spacial score (nSPS) is 16.8. The minimum Gasteiger partial charge on any atom is -0.497 e. The molecule has 2 aliphatic heterocycles. The summed E-state index contributed by atoms with van der Waals surface area (Å²) in [5, 5.41) is 0.492. The average Bonchev–Trinajstić information content (AvgIpc) is 2.87. The van der Waals surface area contributed by atoms with Crippen molar-refractivity contribution < 1.29 is 23.4 Å². The van der Waals surface area contributed by atoms with E-state index in [1.165, 1.54) is 0 Å². The second kappa shape index (κ2) is 10.0. The van der Waals surface area contributed by atoms with Gasteiger partial charge in [0.1, 0.15) is 35.3 Å². The molecule has 1 aromatic heterocycles. The average molecular weight is 467 g/mol. The van der Waals surface area contributed by atoms with Crippen molar-refractivity contribution in [2.45, 2.75) is 19.9 Å². The number of benzene rings is 2. The largest absolute Gasteiger partial charge is 0.497 e. The first-order valence-corrected chi connectivity index (χ1v) is 11.7. The molecule has 0 bridgehead atoms. The number of nitrogens with zero attached hydrogens (tertiary/aromatic N) is 2. The monoisotopic (exact) mass is 466 g/mol. The molecule has 0 N–H and O–H groups in total. The third-order valence-electron chi connectivity index (χ3n) is 6.36. The van der Waals surface area contributed by atoms with Crippen LogP contribution in [0.25, 0.3) is 11.0 Å². The molecule has 8 heteroatoms. The number of hydrogen-bond donors (Lipinski definition) is 0. The molecule has 34 heavy (non-hydrogen) atoms. The Kier molecular flexibility index (Phi) is 6.71. The fourth-order valence-electron chi connectivity index (χ4n) is 4.47. The summed E-state index contributed by atoms with van der Waals surface area (Å²) in [6.07, 6.45) is 1.05. The van der Waals surface area contributed by atoms with E-state index >= 15 is 0 Å². The van der Waals surface area contributed by atoms with Crippen LogP contribution in [0.2, 0.25) is 0 Å². The molecular weight excluding hydrogens is 436 g/mol. The lowest BCUT2D eigenvalue weighted by Crippen LogP contribution is -2.39. The fourth-order valence-corrected chi connectivity index (χ4v) is 4.47. The molecule has 1 saturated heterocycles. The van der Waals surface area contributed by atoms with Crippen molar-refractivity contribution in [3.63, 3.8) is 0 Å². The SMILES string of the molecule is COc1ccc(Oc2c(C)oc3c4c(ccc3c2=O)OCN(CCCN2CCOCC2)C4)cc1. The van der Waals surface area contributed by atoms with Crippen LogP contribution in [0, 0.1) is 6.92 Å². The minimum absolute atomic E-state index is 0.191. The number of methoxy groups -OCH3 is 1. The molecule has 8 nitrogen and oxygen atoms in total. The Morgan fingerprint density at radius 1 is 0.971 bits per heavy atom. The first-order valence-electron chi connectivity index (χ1n) is 11.7. The van der Waals surface area contributed by atoms with Gasteiger partial charge in [0.2, 0.25) is 11.2 Å². The van der Waals surface area contributed by atoms with Crippen LogP contribution in [0.15, 0.2) is 45.6 Å². The standard InChI is InChI=1S/C26H30N2O6/c1-18-25(34-20-6-4-19(30-2)5-7-20)24(29)21-8-9-23-22(26(21)33-18)16-28(17-32-23)11-3-10-27-12-14-31-15-13-27/h4-9H,3,10-17H2,1-2H3. The van der Waals surface area contributed by atoms with E-state index in [0.29, 0.717) is 35.8 Å². The molecule has 0 aliphatic carbocycles. The maximum Gasteiger partial charge on any atom is 0.235 e. The molecule has 5 rings (SSSR count). The van der Waals surface area contributed by atoms with E-state index in [1.807, 2.05) is 6.07 Å². The predicted octanol–water partition coefficient (Wildman–Crippen LogP) is 3.78. The van der Waals surface area contributed by atoms with Crippen molar-refractivity contribution in [2.75, 3.05) is 53.2 Å². The zero-order valence-electron chi connectivity index (χ0n) is 19.7. The number of ether oxygens (including phenoxy) is 4. The van der Waals surface area contributed by atoms with Gasteiger partial charge in [-0.2, -0.15) is 0 Å². The maximum atomic E-state index is 13.3. The van der Waals surface area contributed by atoms with Gasteiger partial charge in [-0.05, 0) is 56.3 Å². The topological polar surface area (TPSA) is 73.6 Å². The van der Waals surface area contributed by atoms with Crippen molar-refractivity contribution in [1.29, 1.82) is 0 Å². The molecule has 2 aliphatic rings. The summed E-state index contributed by atoms with van der Waals surface area (Å²) in [5.74, 6) is 2.66. The van der Waals surface area contributed by atoms with Gasteiger partial charge in [-0.25, -0.2) is 0 Å². The van der Waals surface area contributed by atoms with Crippen LogP contribution in [0.4, 0.5) is 0 Å². The highest BCUT2D eigenvalue weighted by Gasteiger charge is 2.24. The lowest BCUT2D eigenvalue weighted by molar-refractivity contribution is 0.0330. The van der Waals surface area contributed by atoms with Crippen LogP contribution in [0.3, 0.4) is 0 Å². The lowest BCUT2D eigenvalue weighted by atomic mass is 10.1. The molecule has 3 heterocycles. The molecule has 3 aromatic rings. The van der Waals surface area contributed by atoms with E-state index in [1.54, 1.807) is 44.4 Å². The van der Waals surface area contributed by atoms with Crippen LogP contribution < -0.4 is 19.6 Å². The molecule has 0 saturated carbocycles. The number of aryl methyl sites for hydroxylation is 1. The molecular formula is C26H30N2O6. The van der Waals surface area contributed by atoms with E-state index in [2.05, 4.69) is 9.80 Å². The summed E-state index contributed by atoms with van der Waals surface area (Å²) in [4.78, 5) is 18.0. The summed E-state index contributed by atoms with van der Waals surface area (Å²) in [6, 6.07) is 10.7. The van der Waals surface area contributed by atoms with Gasteiger partial charge in [-0.15, -0.1) is 0 Å². The van der Waals surface area contributed by atoms with Crippen LogP contribution >= 0.6 is 0 Å².